The van der Waals surface area contributed by atoms with Gasteiger partial charge < -0.3 is 15.6 Å². The van der Waals surface area contributed by atoms with Crippen molar-refractivity contribution < 1.29 is 9.84 Å². The Morgan fingerprint density at radius 3 is 2.73 bits per heavy atom. The summed E-state index contributed by atoms with van der Waals surface area (Å²) in [7, 11) is 0. The summed E-state index contributed by atoms with van der Waals surface area (Å²) >= 11 is 0. The van der Waals surface area contributed by atoms with Gasteiger partial charge in [0.2, 0.25) is 5.69 Å². The molecule has 4 heteroatoms. The third-order valence-electron chi connectivity index (χ3n) is 3.04. The summed E-state index contributed by atoms with van der Waals surface area (Å²) in [5, 5.41) is 25.4. The Labute approximate surface area is 89.1 Å². The van der Waals surface area contributed by atoms with Crippen LogP contribution >= 0.6 is 0 Å². The zero-order valence-electron chi connectivity index (χ0n) is 8.86. The van der Waals surface area contributed by atoms with Gasteiger partial charge in [0.25, 0.3) is 0 Å². The highest BCUT2D eigenvalue weighted by Crippen LogP contribution is 2.27. The third kappa shape index (κ3) is 1.82. The van der Waals surface area contributed by atoms with Gasteiger partial charge in [-0.1, -0.05) is 0 Å². The van der Waals surface area contributed by atoms with Gasteiger partial charge in [-0.15, -0.1) is 0 Å². The normalized spacial score (nSPS) is 20.1. The Morgan fingerprint density at radius 1 is 1.40 bits per heavy atom. The topological polar surface area (TPSA) is 59.2 Å². The van der Waals surface area contributed by atoms with E-state index in [9.17, 15) is 10.3 Å². The molecule has 0 bridgehead atoms. The van der Waals surface area contributed by atoms with Crippen LogP contribution < -0.4 is 10.0 Å². The molecule has 0 amide bonds. The molecule has 0 aliphatic carbocycles. The summed E-state index contributed by atoms with van der Waals surface area (Å²) in [5.41, 5.74) is 0.141. The van der Waals surface area contributed by atoms with E-state index in [0.29, 0.717) is 24.2 Å². The SMILES string of the molecule is Cc1cccc(C2(O)CCNCC2)[n+]1[O-]. The highest BCUT2D eigenvalue weighted by Gasteiger charge is 2.37. The van der Waals surface area contributed by atoms with Gasteiger partial charge in [-0.05, 0) is 32.0 Å². The van der Waals surface area contributed by atoms with Crippen LogP contribution in [-0.4, -0.2) is 18.2 Å². The molecule has 82 valence electrons. The third-order valence-corrected chi connectivity index (χ3v) is 3.04. The molecule has 0 aromatic carbocycles. The quantitative estimate of drug-likeness (QED) is 0.512. The Kier molecular flexibility index (Phi) is 2.63. The molecule has 0 atom stereocenters. The van der Waals surface area contributed by atoms with E-state index < -0.39 is 5.60 Å². The number of nitrogens with zero attached hydrogens (tertiary/aromatic N) is 1. The lowest BCUT2D eigenvalue weighted by Crippen LogP contribution is -2.48. The molecule has 1 aliphatic heterocycles. The molecular weight excluding hydrogens is 192 g/mol. The summed E-state index contributed by atoms with van der Waals surface area (Å²) in [6.45, 7) is 3.26. The van der Waals surface area contributed by atoms with E-state index in [1.807, 2.05) is 6.07 Å². The predicted molar refractivity (Wildman–Crippen MR) is 56.1 cm³/mol. The van der Waals surface area contributed by atoms with Gasteiger partial charge in [0.05, 0.1) is 0 Å². The Balaban J connectivity index is 2.39. The van der Waals surface area contributed by atoms with Gasteiger partial charge in [-0.2, -0.15) is 4.73 Å². The second kappa shape index (κ2) is 3.79. The maximum Gasteiger partial charge on any atom is 0.224 e. The fourth-order valence-corrected chi connectivity index (χ4v) is 2.04. The Hall–Kier alpha value is -1.13. The molecule has 2 heterocycles. The molecule has 4 nitrogen and oxygen atoms in total. The van der Waals surface area contributed by atoms with Gasteiger partial charge in [-0.25, -0.2) is 0 Å². The van der Waals surface area contributed by atoms with Crippen molar-refractivity contribution >= 4 is 0 Å². The monoisotopic (exact) mass is 208 g/mol. The van der Waals surface area contributed by atoms with Crippen LogP contribution in [0.4, 0.5) is 0 Å². The maximum absolute atomic E-state index is 11.8. The van der Waals surface area contributed by atoms with Crippen LogP contribution in [0, 0.1) is 12.1 Å². The number of nitrogens with one attached hydrogen (secondary N) is 1. The standard InChI is InChI=1S/C11H16N2O2/c1-9-3-2-4-10(13(9)15)11(14)5-7-12-8-6-11/h2-4,12,14H,5-8H2,1H3. The van der Waals surface area contributed by atoms with E-state index in [0.717, 1.165) is 17.8 Å². The molecule has 0 saturated carbocycles. The van der Waals surface area contributed by atoms with E-state index >= 15 is 0 Å². The summed E-state index contributed by atoms with van der Waals surface area (Å²) in [6.07, 6.45) is 1.19. The highest BCUT2D eigenvalue weighted by molar-refractivity contribution is 5.11. The number of aryl methyl sites for hydroxylation is 1. The number of aromatic nitrogens is 1. The number of rotatable bonds is 1. The summed E-state index contributed by atoms with van der Waals surface area (Å²) in [6, 6.07) is 5.28. The molecule has 2 rings (SSSR count). The van der Waals surface area contributed by atoms with Gasteiger partial charge >= 0.3 is 0 Å². The van der Waals surface area contributed by atoms with Crippen LogP contribution in [0.1, 0.15) is 24.2 Å². The first-order chi connectivity index (χ1) is 7.13. The highest BCUT2D eigenvalue weighted by atomic mass is 16.5. The van der Waals surface area contributed by atoms with E-state index in [1.165, 1.54) is 0 Å². The summed E-state index contributed by atoms with van der Waals surface area (Å²) < 4.78 is 0.839. The Bertz CT molecular complexity index is 360. The number of aliphatic hydroxyl groups is 1. The molecule has 1 aliphatic rings. The van der Waals surface area contributed by atoms with E-state index in [2.05, 4.69) is 5.32 Å². The first-order valence-corrected chi connectivity index (χ1v) is 5.26. The molecule has 1 aromatic rings. The van der Waals surface area contributed by atoms with E-state index in [4.69, 9.17) is 0 Å². The first-order valence-electron chi connectivity index (χ1n) is 5.26. The summed E-state index contributed by atoms with van der Waals surface area (Å²) in [5.74, 6) is 0. The largest absolute Gasteiger partial charge is 0.618 e. The van der Waals surface area contributed by atoms with Crippen LogP contribution in [0.5, 0.6) is 0 Å². The van der Waals surface area contributed by atoms with Gasteiger partial charge in [0.1, 0.15) is 0 Å². The molecule has 1 saturated heterocycles. The molecule has 1 aromatic heterocycles. The zero-order valence-corrected chi connectivity index (χ0v) is 8.86. The second-order valence-electron chi connectivity index (χ2n) is 4.13. The lowest BCUT2D eigenvalue weighted by atomic mass is 9.88. The minimum absolute atomic E-state index is 0.476. The number of piperidine rings is 1. The first kappa shape index (κ1) is 10.4. The van der Waals surface area contributed by atoms with Crippen molar-refractivity contribution in [1.29, 1.82) is 0 Å². The van der Waals surface area contributed by atoms with Crippen LogP contribution in [0.25, 0.3) is 0 Å². The zero-order chi connectivity index (χ0) is 10.9. The van der Waals surface area contributed by atoms with Crippen molar-refractivity contribution in [1.82, 2.24) is 5.32 Å². The van der Waals surface area contributed by atoms with E-state index in [-0.39, 0.29) is 0 Å². The summed E-state index contributed by atoms with van der Waals surface area (Å²) in [4.78, 5) is 0. The van der Waals surface area contributed by atoms with Crippen molar-refractivity contribution in [2.75, 3.05) is 13.1 Å². The molecule has 15 heavy (non-hydrogen) atoms. The van der Waals surface area contributed by atoms with Gasteiger partial charge in [0.15, 0.2) is 11.3 Å². The van der Waals surface area contributed by atoms with Crippen LogP contribution in [0.2, 0.25) is 0 Å². The fourth-order valence-electron chi connectivity index (χ4n) is 2.04. The van der Waals surface area contributed by atoms with Crippen LogP contribution in [0.3, 0.4) is 0 Å². The minimum Gasteiger partial charge on any atom is -0.618 e. The molecule has 0 spiro atoms. The smallest absolute Gasteiger partial charge is 0.224 e. The molecule has 2 N–H and O–H groups in total. The second-order valence-corrected chi connectivity index (χ2v) is 4.13. The maximum atomic E-state index is 11.8. The van der Waals surface area contributed by atoms with Crippen LogP contribution in [-0.2, 0) is 5.60 Å². The lowest BCUT2D eigenvalue weighted by molar-refractivity contribution is -0.629. The van der Waals surface area contributed by atoms with Crippen molar-refractivity contribution in [3.63, 3.8) is 0 Å². The van der Waals surface area contributed by atoms with Gasteiger partial charge in [0, 0.05) is 19.1 Å². The molecule has 1 fully saturated rings. The van der Waals surface area contributed by atoms with Gasteiger partial charge in [-0.3, -0.25) is 0 Å². The number of hydrogen-bond acceptors (Lipinski definition) is 3. The van der Waals surface area contributed by atoms with Crippen molar-refractivity contribution in [3.05, 3.63) is 34.8 Å². The molecule has 0 radical (unpaired) electrons. The van der Waals surface area contributed by atoms with Crippen molar-refractivity contribution in [3.8, 4) is 0 Å². The van der Waals surface area contributed by atoms with Crippen LogP contribution in [0.15, 0.2) is 18.2 Å². The minimum atomic E-state index is -0.959. The number of hydrogen-bond donors (Lipinski definition) is 2. The molecular formula is C11H16N2O2. The number of pyridine rings is 1. The predicted octanol–water partition coefficient (Wildman–Crippen LogP) is 0.199. The van der Waals surface area contributed by atoms with Crippen molar-refractivity contribution in [2.24, 2.45) is 0 Å². The lowest BCUT2D eigenvalue weighted by Gasteiger charge is -2.30. The average molecular weight is 208 g/mol. The molecule has 0 unspecified atom stereocenters. The van der Waals surface area contributed by atoms with E-state index in [1.54, 1.807) is 19.1 Å². The Morgan fingerprint density at radius 2 is 2.07 bits per heavy atom. The van der Waals surface area contributed by atoms with Crippen molar-refractivity contribution in [2.45, 2.75) is 25.4 Å². The average Bonchev–Trinajstić information content (AvgIpc) is 2.23. The fraction of sp³-hybridized carbons (Fsp3) is 0.545.